The lowest BCUT2D eigenvalue weighted by Gasteiger charge is -2.43. The van der Waals surface area contributed by atoms with Gasteiger partial charge in [0.1, 0.15) is 0 Å². The lowest BCUT2D eigenvalue weighted by molar-refractivity contribution is -0.138. The van der Waals surface area contributed by atoms with Crippen LogP contribution in [-0.2, 0) is 9.59 Å². The van der Waals surface area contributed by atoms with Crippen LogP contribution in [-0.4, -0.2) is 93.1 Å². The number of aliphatic carboxylic acids is 2. The molecule has 0 radical (unpaired) electrons. The Hall–Kier alpha value is -1.22. The molecule has 5 unspecified atom stereocenters. The van der Waals surface area contributed by atoms with E-state index in [0.717, 1.165) is 69.9 Å². The van der Waals surface area contributed by atoms with Crippen molar-refractivity contribution in [1.82, 2.24) is 9.80 Å². The van der Waals surface area contributed by atoms with Crippen molar-refractivity contribution in [1.29, 1.82) is 0 Å². The van der Waals surface area contributed by atoms with Crippen LogP contribution in [0.15, 0.2) is 0 Å². The second-order valence-electron chi connectivity index (χ2n) is 13.0. The Balaban J connectivity index is 0.000000659. The van der Waals surface area contributed by atoms with Crippen molar-refractivity contribution in [2.45, 2.75) is 192 Å². The highest BCUT2D eigenvalue weighted by molar-refractivity contribution is 5.66. The molecule has 0 aromatic carbocycles. The number of carboxylic acid groups (broad SMARTS) is 2. The van der Waals surface area contributed by atoms with E-state index in [2.05, 4.69) is 44.7 Å². The molecule has 2 aliphatic heterocycles. The summed E-state index contributed by atoms with van der Waals surface area (Å²) in [4.78, 5) is 25.5. The van der Waals surface area contributed by atoms with Crippen LogP contribution in [0.2, 0.25) is 0 Å². The molecule has 4 N–H and O–H groups in total. The molecule has 0 aromatic rings. The molecular weight excluding hydrogens is 544 g/mol. The SMILES string of the molecule is CCCCCC1CCC(C)N1C.CCCCCC1CCC(O)C(CCCCC(=O)O)N1C.O=C(O)CCCCCCCO. The number of likely N-dealkylation sites (tertiary alicyclic amines) is 2. The van der Waals surface area contributed by atoms with E-state index in [-0.39, 0.29) is 31.6 Å². The molecule has 2 rings (SSSR count). The van der Waals surface area contributed by atoms with Gasteiger partial charge in [0.15, 0.2) is 0 Å². The molecule has 0 amide bonds. The van der Waals surface area contributed by atoms with Gasteiger partial charge < -0.3 is 25.3 Å². The summed E-state index contributed by atoms with van der Waals surface area (Å²) in [6.07, 6.45) is 22.9. The molecule has 0 saturated carbocycles. The minimum absolute atomic E-state index is 0.212. The maximum atomic E-state index is 10.5. The second kappa shape index (κ2) is 27.1. The van der Waals surface area contributed by atoms with Crippen molar-refractivity contribution in [3.8, 4) is 0 Å². The van der Waals surface area contributed by atoms with E-state index in [1.165, 1.54) is 64.2 Å². The molecule has 2 saturated heterocycles. The van der Waals surface area contributed by atoms with Crippen LogP contribution < -0.4 is 0 Å². The van der Waals surface area contributed by atoms with E-state index < -0.39 is 11.9 Å². The fraction of sp³-hybridized carbons (Fsp3) is 0.943. The number of carbonyl (C=O) groups is 2. The number of carboxylic acids is 2. The summed E-state index contributed by atoms with van der Waals surface area (Å²) >= 11 is 0. The van der Waals surface area contributed by atoms with Crippen molar-refractivity contribution >= 4 is 11.9 Å². The van der Waals surface area contributed by atoms with Crippen molar-refractivity contribution in [2.24, 2.45) is 0 Å². The Morgan fingerprint density at radius 3 is 1.58 bits per heavy atom. The Kier molecular flexibility index (Phi) is 26.4. The van der Waals surface area contributed by atoms with Crippen molar-refractivity contribution in [3.05, 3.63) is 0 Å². The molecule has 43 heavy (non-hydrogen) atoms. The minimum atomic E-state index is -0.722. The summed E-state index contributed by atoms with van der Waals surface area (Å²) in [5.41, 5.74) is 0. The van der Waals surface area contributed by atoms with E-state index in [4.69, 9.17) is 15.3 Å². The highest BCUT2D eigenvalue weighted by Gasteiger charge is 2.33. The van der Waals surface area contributed by atoms with E-state index in [9.17, 15) is 14.7 Å². The molecule has 2 fully saturated rings. The predicted molar refractivity (Wildman–Crippen MR) is 178 cm³/mol. The molecular formula is C35H70N2O6. The molecule has 0 bridgehead atoms. The molecule has 0 aliphatic carbocycles. The van der Waals surface area contributed by atoms with Crippen LogP contribution in [0.5, 0.6) is 0 Å². The summed E-state index contributed by atoms with van der Waals surface area (Å²) < 4.78 is 0. The maximum absolute atomic E-state index is 10.5. The van der Waals surface area contributed by atoms with Gasteiger partial charge >= 0.3 is 11.9 Å². The van der Waals surface area contributed by atoms with Gasteiger partial charge in [-0.2, -0.15) is 0 Å². The van der Waals surface area contributed by atoms with Gasteiger partial charge in [-0.05, 0) is 85.2 Å². The van der Waals surface area contributed by atoms with Gasteiger partial charge in [0, 0.05) is 43.6 Å². The van der Waals surface area contributed by atoms with Crippen molar-refractivity contribution < 1.29 is 30.0 Å². The maximum Gasteiger partial charge on any atom is 0.303 e. The van der Waals surface area contributed by atoms with Gasteiger partial charge in [0.05, 0.1) is 6.10 Å². The molecule has 0 spiro atoms. The number of hydrogen-bond donors (Lipinski definition) is 4. The van der Waals surface area contributed by atoms with Crippen LogP contribution in [0.25, 0.3) is 0 Å². The average Bonchev–Trinajstić information content (AvgIpc) is 3.28. The van der Waals surface area contributed by atoms with Gasteiger partial charge in [-0.15, -0.1) is 0 Å². The zero-order valence-corrected chi connectivity index (χ0v) is 28.6. The summed E-state index contributed by atoms with van der Waals surface area (Å²) in [6, 6.07) is 2.53. The zero-order valence-electron chi connectivity index (χ0n) is 28.6. The fourth-order valence-electron chi connectivity index (χ4n) is 6.40. The molecule has 8 nitrogen and oxygen atoms in total. The predicted octanol–water partition coefficient (Wildman–Crippen LogP) is 7.49. The quantitative estimate of drug-likeness (QED) is 0.104. The van der Waals surface area contributed by atoms with E-state index in [0.29, 0.717) is 12.5 Å². The Labute approximate surface area is 264 Å². The summed E-state index contributed by atoms with van der Waals surface area (Å²) in [6.45, 7) is 7.10. The number of piperidine rings is 1. The lowest BCUT2D eigenvalue weighted by atomic mass is 9.88. The van der Waals surface area contributed by atoms with Crippen molar-refractivity contribution in [2.75, 3.05) is 20.7 Å². The highest BCUT2D eigenvalue weighted by Crippen LogP contribution is 2.28. The summed E-state index contributed by atoms with van der Waals surface area (Å²) in [7, 11) is 4.41. The first-order valence-corrected chi connectivity index (χ1v) is 17.7. The number of likely N-dealkylation sites (N-methyl/N-ethyl adjacent to an activating group) is 1. The summed E-state index contributed by atoms with van der Waals surface area (Å²) in [5, 5.41) is 35.5. The number of aliphatic hydroxyl groups excluding tert-OH is 2. The van der Waals surface area contributed by atoms with Gasteiger partial charge in [-0.25, -0.2) is 0 Å². The number of nitrogens with zero attached hydrogens (tertiary/aromatic N) is 2. The third-order valence-corrected chi connectivity index (χ3v) is 9.50. The lowest BCUT2D eigenvalue weighted by Crippen LogP contribution is -2.51. The largest absolute Gasteiger partial charge is 0.481 e. The van der Waals surface area contributed by atoms with Gasteiger partial charge in [-0.3, -0.25) is 14.5 Å². The van der Waals surface area contributed by atoms with Crippen LogP contribution in [0.4, 0.5) is 0 Å². The highest BCUT2D eigenvalue weighted by atomic mass is 16.4. The first-order valence-electron chi connectivity index (χ1n) is 17.7. The van der Waals surface area contributed by atoms with E-state index in [1.54, 1.807) is 0 Å². The van der Waals surface area contributed by atoms with Crippen LogP contribution >= 0.6 is 0 Å². The van der Waals surface area contributed by atoms with Crippen LogP contribution in [0, 0.1) is 0 Å². The zero-order chi connectivity index (χ0) is 32.5. The van der Waals surface area contributed by atoms with E-state index in [1.807, 2.05) is 0 Å². The third-order valence-electron chi connectivity index (χ3n) is 9.50. The first-order chi connectivity index (χ1) is 20.6. The topological polar surface area (TPSA) is 122 Å². The monoisotopic (exact) mass is 615 g/mol. The van der Waals surface area contributed by atoms with E-state index >= 15 is 0 Å². The third kappa shape index (κ3) is 21.2. The molecule has 256 valence electrons. The second-order valence-corrected chi connectivity index (χ2v) is 13.0. The summed E-state index contributed by atoms with van der Waals surface area (Å²) in [5.74, 6) is -1.44. The number of aliphatic hydroxyl groups is 2. The normalized spacial score (nSPS) is 24.1. The molecule has 2 heterocycles. The molecule has 8 heteroatoms. The minimum Gasteiger partial charge on any atom is -0.481 e. The molecule has 5 atom stereocenters. The van der Waals surface area contributed by atoms with Crippen molar-refractivity contribution in [3.63, 3.8) is 0 Å². The van der Waals surface area contributed by atoms with Crippen LogP contribution in [0.3, 0.4) is 0 Å². The van der Waals surface area contributed by atoms with Gasteiger partial charge in [0.2, 0.25) is 0 Å². The number of rotatable bonds is 20. The fourth-order valence-corrected chi connectivity index (χ4v) is 6.40. The number of hydrogen-bond acceptors (Lipinski definition) is 6. The van der Waals surface area contributed by atoms with Crippen LogP contribution in [0.1, 0.15) is 162 Å². The van der Waals surface area contributed by atoms with Gasteiger partial charge in [-0.1, -0.05) is 78.1 Å². The Morgan fingerprint density at radius 1 is 0.628 bits per heavy atom. The first kappa shape index (κ1) is 41.8. The smallest absolute Gasteiger partial charge is 0.303 e. The Morgan fingerprint density at radius 2 is 1.09 bits per heavy atom. The average molecular weight is 615 g/mol. The molecule has 0 aromatic heterocycles. The van der Waals surface area contributed by atoms with Gasteiger partial charge in [0.25, 0.3) is 0 Å². The standard InChI is InChI=1S/C16H31NO3.C11H23N.C8H16O3/c1-3-4-5-8-13-11-12-15(18)14(17(13)2)9-6-7-10-16(19)20;1-4-5-6-7-11-9-8-10(2)12(11)3;9-7-5-3-1-2-4-6-8(10)11/h13-15,18H,3-12H2,1-2H3,(H,19,20);10-11H,4-9H2,1-3H3;9H,1-7H2,(H,10,11). The number of unbranched alkanes of at least 4 members (excludes halogenated alkanes) is 9. The Bertz CT molecular complexity index is 679. The molecule has 2 aliphatic rings.